The molecule has 0 aliphatic rings. The summed E-state index contributed by atoms with van der Waals surface area (Å²) in [5.74, 6) is -0.208. The van der Waals surface area contributed by atoms with Crippen molar-refractivity contribution < 1.29 is 28.6 Å². The van der Waals surface area contributed by atoms with Crippen LogP contribution < -0.4 is 14.8 Å². The molecule has 38 heavy (non-hydrogen) atoms. The molecule has 10 heteroatoms. The highest BCUT2D eigenvalue weighted by atomic mass is 32.1. The molecule has 1 aromatic heterocycles. The summed E-state index contributed by atoms with van der Waals surface area (Å²) in [6, 6.07) is 11.6. The van der Waals surface area contributed by atoms with Gasteiger partial charge in [-0.2, -0.15) is 17.6 Å². The van der Waals surface area contributed by atoms with Crippen molar-refractivity contribution in [2.75, 3.05) is 6.61 Å². The van der Waals surface area contributed by atoms with Crippen molar-refractivity contribution in [3.63, 3.8) is 0 Å². The number of halogens is 1. The minimum atomic E-state index is -1.45. The first kappa shape index (κ1) is 29.0. The third kappa shape index (κ3) is 7.28. The zero-order chi connectivity index (χ0) is 27.8. The van der Waals surface area contributed by atoms with Crippen LogP contribution in [0.15, 0.2) is 42.5 Å². The Kier molecular flexibility index (Phi) is 10.2. The molecule has 1 atom stereocenters. The molecule has 0 saturated carbocycles. The van der Waals surface area contributed by atoms with Crippen LogP contribution in [0.1, 0.15) is 51.1 Å². The molecule has 0 saturated heterocycles. The first-order valence-electron chi connectivity index (χ1n) is 12.6. The number of amides is 1. The minimum absolute atomic E-state index is 0.117. The number of nitrogens with one attached hydrogen (secondary N) is 1. The number of nitrogens with zero attached hydrogens (tertiary/aromatic N) is 2. The van der Waals surface area contributed by atoms with Crippen molar-refractivity contribution in [2.24, 2.45) is 5.92 Å². The van der Waals surface area contributed by atoms with Crippen LogP contribution in [-0.2, 0) is 24.3 Å². The molecule has 0 fully saturated rings. The van der Waals surface area contributed by atoms with Crippen LogP contribution in [0.2, 0.25) is 0 Å². The third-order valence-corrected chi connectivity index (χ3v) is 6.38. The van der Waals surface area contributed by atoms with Crippen LogP contribution in [0, 0.1) is 11.7 Å². The molecule has 3 aromatic rings. The molecule has 1 heterocycles. The number of rotatable bonds is 12. The molecule has 204 valence electrons. The largest absolute Gasteiger partial charge is 0.511 e. The predicted molar refractivity (Wildman–Crippen MR) is 146 cm³/mol. The van der Waals surface area contributed by atoms with Crippen LogP contribution in [0.4, 0.5) is 9.18 Å². The normalized spacial score (nSPS) is 11.9. The molecule has 0 aliphatic carbocycles. The maximum absolute atomic E-state index is 15.4. The Balaban J connectivity index is 1.91. The number of aromatic nitrogens is 2. The second-order valence-electron chi connectivity index (χ2n) is 9.19. The van der Waals surface area contributed by atoms with E-state index in [1.807, 2.05) is 27.7 Å². The summed E-state index contributed by atoms with van der Waals surface area (Å²) in [5.41, 5.74) is 2.80. The number of hydrogen-bond donors (Lipinski definition) is 3. The number of para-hydroxylation sites is 1. The molecule has 0 spiro atoms. The molecule has 0 radical (unpaired) electrons. The van der Waals surface area contributed by atoms with Crippen molar-refractivity contribution in [3.05, 3.63) is 65.2 Å². The molecular formula is C28H34FN3O5S. The fourth-order valence-electron chi connectivity index (χ4n) is 4.14. The lowest BCUT2D eigenvalue weighted by Crippen LogP contribution is -2.32. The first-order chi connectivity index (χ1) is 18.1. The molecule has 2 N–H and O–H groups in total. The van der Waals surface area contributed by atoms with Crippen LogP contribution in [0.3, 0.4) is 0 Å². The van der Waals surface area contributed by atoms with E-state index in [4.69, 9.17) is 14.6 Å². The summed E-state index contributed by atoms with van der Waals surface area (Å²) in [6.45, 7) is 8.58. The highest BCUT2D eigenvalue weighted by Gasteiger charge is 2.22. The zero-order valence-electron chi connectivity index (χ0n) is 22.0. The van der Waals surface area contributed by atoms with E-state index >= 15 is 4.39 Å². The molecule has 3 rings (SSSR count). The Bertz CT molecular complexity index is 1280. The third-order valence-electron chi connectivity index (χ3n) is 5.93. The Morgan fingerprint density at radius 1 is 1.18 bits per heavy atom. The van der Waals surface area contributed by atoms with Crippen molar-refractivity contribution in [1.82, 2.24) is 14.9 Å². The number of ether oxygens (including phenoxy) is 2. The lowest BCUT2D eigenvalue weighted by Gasteiger charge is -2.16. The Morgan fingerprint density at radius 3 is 2.55 bits per heavy atom. The van der Waals surface area contributed by atoms with Gasteiger partial charge in [0.05, 0.1) is 36.3 Å². The van der Waals surface area contributed by atoms with Gasteiger partial charge in [-0.3, -0.25) is 9.36 Å². The monoisotopic (exact) mass is 543 g/mol. The van der Waals surface area contributed by atoms with Crippen molar-refractivity contribution in [1.29, 1.82) is 0 Å². The van der Waals surface area contributed by atoms with Crippen LogP contribution in [0.25, 0.3) is 11.1 Å². The van der Waals surface area contributed by atoms with E-state index in [9.17, 15) is 9.59 Å². The number of hydrogen-bond acceptors (Lipinski definition) is 6. The standard InChI is InChI=1S/C28H34FN3O5S/c1-5-22-23(15-30-26(33)25(38)13-17(3)4)32(27(31-22)36-6-2)16-19-12-11-18(14-21(19)29)20-9-7-8-10-24(20)37-28(34)35/h7-12,14,17,25,38H,5-6,13,15-16H2,1-4H3,(H,30,33)(H,34,35)/t25-/m0/s1. The lowest BCUT2D eigenvalue weighted by atomic mass is 10.0. The summed E-state index contributed by atoms with van der Waals surface area (Å²) < 4.78 is 27.8. The van der Waals surface area contributed by atoms with Gasteiger partial charge in [-0.1, -0.05) is 51.1 Å². The summed E-state index contributed by atoms with van der Waals surface area (Å²) in [5, 5.41) is 11.5. The molecule has 0 aliphatic heterocycles. The fourth-order valence-corrected chi connectivity index (χ4v) is 4.65. The number of carbonyl (C=O) groups excluding carboxylic acids is 1. The van der Waals surface area contributed by atoms with Gasteiger partial charge in [-0.15, -0.1) is 0 Å². The summed E-state index contributed by atoms with van der Waals surface area (Å²) in [6.07, 6.45) is -0.189. The van der Waals surface area contributed by atoms with Crippen LogP contribution in [-0.4, -0.2) is 38.6 Å². The van der Waals surface area contributed by atoms with Crippen LogP contribution >= 0.6 is 12.6 Å². The molecule has 2 aromatic carbocycles. The summed E-state index contributed by atoms with van der Waals surface area (Å²) in [7, 11) is 0. The highest BCUT2D eigenvalue weighted by molar-refractivity contribution is 7.81. The van der Waals surface area contributed by atoms with Gasteiger partial charge in [-0.25, -0.2) is 9.18 Å². The maximum Gasteiger partial charge on any atom is 0.511 e. The Labute approximate surface area is 227 Å². The second kappa shape index (κ2) is 13.3. The van der Waals surface area contributed by atoms with E-state index in [2.05, 4.69) is 22.9 Å². The highest BCUT2D eigenvalue weighted by Crippen LogP contribution is 2.32. The molecule has 1 amide bonds. The average Bonchev–Trinajstić information content (AvgIpc) is 3.19. The number of imidazole rings is 1. The zero-order valence-corrected chi connectivity index (χ0v) is 22.9. The fraction of sp³-hybridized carbons (Fsp3) is 0.393. The topological polar surface area (TPSA) is 103 Å². The van der Waals surface area contributed by atoms with Gasteiger partial charge < -0.3 is 19.9 Å². The first-order valence-corrected chi connectivity index (χ1v) is 13.1. The Hall–Kier alpha value is -3.53. The molecular weight excluding hydrogens is 509 g/mol. The number of benzene rings is 2. The number of carboxylic acid groups (broad SMARTS) is 1. The van der Waals surface area contributed by atoms with Crippen molar-refractivity contribution in [2.45, 2.75) is 58.9 Å². The van der Waals surface area contributed by atoms with Gasteiger partial charge in [0.1, 0.15) is 11.6 Å². The van der Waals surface area contributed by atoms with Crippen molar-refractivity contribution >= 4 is 24.7 Å². The van der Waals surface area contributed by atoms with E-state index in [1.165, 1.54) is 12.1 Å². The van der Waals surface area contributed by atoms with Gasteiger partial charge in [0.25, 0.3) is 6.01 Å². The van der Waals surface area contributed by atoms with E-state index in [0.29, 0.717) is 48.1 Å². The SMILES string of the molecule is CCOc1nc(CC)c(CNC(=O)[C@@H](S)CC(C)C)n1Cc1ccc(-c2ccccc2OC(=O)O)cc1F. The van der Waals surface area contributed by atoms with Gasteiger partial charge >= 0.3 is 6.16 Å². The number of thiol groups is 1. The van der Waals surface area contributed by atoms with Crippen molar-refractivity contribution in [3.8, 4) is 22.9 Å². The summed E-state index contributed by atoms with van der Waals surface area (Å²) >= 11 is 4.43. The lowest BCUT2D eigenvalue weighted by molar-refractivity contribution is -0.121. The van der Waals surface area contributed by atoms with E-state index < -0.39 is 17.2 Å². The summed E-state index contributed by atoms with van der Waals surface area (Å²) in [4.78, 5) is 28.3. The van der Waals surface area contributed by atoms with E-state index in [1.54, 1.807) is 34.9 Å². The van der Waals surface area contributed by atoms with Gasteiger partial charge in [0.15, 0.2) is 0 Å². The minimum Gasteiger partial charge on any atom is -0.465 e. The smallest absolute Gasteiger partial charge is 0.465 e. The van der Waals surface area contributed by atoms with Gasteiger partial charge in [0.2, 0.25) is 5.91 Å². The van der Waals surface area contributed by atoms with Gasteiger partial charge in [-0.05, 0) is 43.4 Å². The second-order valence-corrected chi connectivity index (χ2v) is 9.82. The maximum atomic E-state index is 15.4. The van der Waals surface area contributed by atoms with E-state index in [0.717, 1.165) is 11.4 Å². The van der Waals surface area contributed by atoms with Crippen LogP contribution in [0.5, 0.6) is 11.8 Å². The quantitative estimate of drug-likeness (QED) is 0.154. The molecule has 8 nitrogen and oxygen atoms in total. The average molecular weight is 544 g/mol. The van der Waals surface area contributed by atoms with E-state index in [-0.39, 0.29) is 24.7 Å². The number of aryl methyl sites for hydroxylation is 1. The molecule has 0 bridgehead atoms. The molecule has 0 unspecified atom stereocenters. The number of carbonyl (C=O) groups is 2. The van der Waals surface area contributed by atoms with Gasteiger partial charge in [0, 0.05) is 11.1 Å². The predicted octanol–water partition coefficient (Wildman–Crippen LogP) is 5.72. The Morgan fingerprint density at radius 2 is 1.92 bits per heavy atom.